The maximum atomic E-state index is 11.3. The summed E-state index contributed by atoms with van der Waals surface area (Å²) in [5.41, 5.74) is 11.1. The minimum atomic E-state index is -0.509. The molecule has 114 valence electrons. The number of hydrogen-bond acceptors (Lipinski definition) is 6. The molecule has 1 saturated heterocycles. The molecule has 0 spiro atoms. The molecular formula is C12H17N5O4. The van der Waals surface area contributed by atoms with Crippen LogP contribution in [0.3, 0.4) is 0 Å². The van der Waals surface area contributed by atoms with E-state index in [9.17, 15) is 15.2 Å². The predicted octanol–water partition coefficient (Wildman–Crippen LogP) is 0.0793. The van der Waals surface area contributed by atoms with Crippen molar-refractivity contribution in [3.05, 3.63) is 22.2 Å². The Morgan fingerprint density at radius 3 is 2.76 bits per heavy atom. The molecule has 0 radical (unpaired) electrons. The minimum absolute atomic E-state index is 0.134. The first kappa shape index (κ1) is 14.9. The van der Waals surface area contributed by atoms with E-state index < -0.39 is 11.0 Å². The predicted molar refractivity (Wildman–Crippen MR) is 78.0 cm³/mol. The number of hydrogen-bond donors (Lipinski definition) is 3. The van der Waals surface area contributed by atoms with Crippen LogP contribution >= 0.6 is 0 Å². The highest BCUT2D eigenvalue weighted by molar-refractivity contribution is 5.82. The zero-order valence-electron chi connectivity index (χ0n) is 11.5. The van der Waals surface area contributed by atoms with Gasteiger partial charge in [-0.1, -0.05) is 0 Å². The van der Waals surface area contributed by atoms with Gasteiger partial charge in [0.1, 0.15) is 17.1 Å². The van der Waals surface area contributed by atoms with E-state index in [-0.39, 0.29) is 17.3 Å². The van der Waals surface area contributed by atoms with Crippen LogP contribution < -0.4 is 21.1 Å². The van der Waals surface area contributed by atoms with Crippen LogP contribution in [0, 0.1) is 10.1 Å². The molecule has 2 rings (SSSR count). The first-order valence-corrected chi connectivity index (χ1v) is 6.31. The number of aliphatic imine (C=N–C) groups is 1. The summed E-state index contributed by atoms with van der Waals surface area (Å²) in [4.78, 5) is 16.3. The molecule has 1 fully saturated rings. The van der Waals surface area contributed by atoms with E-state index in [2.05, 4.69) is 4.99 Å². The Morgan fingerprint density at radius 1 is 1.57 bits per heavy atom. The highest BCUT2D eigenvalue weighted by atomic mass is 16.6. The monoisotopic (exact) mass is 295 g/mol. The molecule has 1 aliphatic rings. The number of aliphatic hydroxyl groups is 1. The molecule has 1 atom stereocenters. The number of ether oxygens (including phenoxy) is 1. The molecule has 1 aromatic carbocycles. The van der Waals surface area contributed by atoms with E-state index in [1.165, 1.54) is 19.2 Å². The van der Waals surface area contributed by atoms with Crippen LogP contribution in [-0.2, 0) is 0 Å². The number of nitro groups is 1. The van der Waals surface area contributed by atoms with Gasteiger partial charge in [0.2, 0.25) is 0 Å². The van der Waals surface area contributed by atoms with Crippen LogP contribution in [0.25, 0.3) is 0 Å². The third-order valence-electron chi connectivity index (χ3n) is 3.23. The van der Waals surface area contributed by atoms with Crippen molar-refractivity contribution in [3.63, 3.8) is 0 Å². The number of rotatable bonds is 4. The summed E-state index contributed by atoms with van der Waals surface area (Å²) in [6, 6.07) is 2.77. The first-order valence-electron chi connectivity index (χ1n) is 6.31. The average Bonchev–Trinajstić information content (AvgIpc) is 2.84. The van der Waals surface area contributed by atoms with E-state index in [4.69, 9.17) is 16.2 Å². The lowest BCUT2D eigenvalue weighted by Crippen LogP contribution is -2.23. The smallest absolute Gasteiger partial charge is 0.294 e. The molecule has 9 heteroatoms. The lowest BCUT2D eigenvalue weighted by atomic mass is 10.2. The van der Waals surface area contributed by atoms with Gasteiger partial charge in [0.25, 0.3) is 5.69 Å². The van der Waals surface area contributed by atoms with Crippen molar-refractivity contribution in [2.75, 3.05) is 25.1 Å². The maximum absolute atomic E-state index is 11.3. The highest BCUT2D eigenvalue weighted by Crippen LogP contribution is 2.40. The average molecular weight is 295 g/mol. The van der Waals surface area contributed by atoms with Gasteiger partial charge in [0.05, 0.1) is 18.1 Å². The summed E-state index contributed by atoms with van der Waals surface area (Å²) in [6.45, 7) is 0.873. The number of anilines is 1. The second-order valence-electron chi connectivity index (χ2n) is 4.70. The molecule has 0 saturated carbocycles. The number of β-amino-alcohol motifs (C(OH)–C–C–N with tert-alkyl or cyclic N) is 1. The molecule has 21 heavy (non-hydrogen) atoms. The summed E-state index contributed by atoms with van der Waals surface area (Å²) >= 11 is 0. The normalized spacial score (nSPS) is 17.6. The summed E-state index contributed by atoms with van der Waals surface area (Å²) < 4.78 is 5.18. The second kappa shape index (κ2) is 5.83. The lowest BCUT2D eigenvalue weighted by Gasteiger charge is -2.19. The number of guanidine groups is 1. The largest absolute Gasteiger partial charge is 0.494 e. The molecule has 0 bridgehead atoms. The summed E-state index contributed by atoms with van der Waals surface area (Å²) in [7, 11) is 1.43. The molecule has 1 heterocycles. The Bertz CT molecular complexity index is 585. The quantitative estimate of drug-likeness (QED) is 0.309. The molecule has 1 aliphatic heterocycles. The Balaban J connectivity index is 2.53. The number of nitro benzene ring substituents is 1. The van der Waals surface area contributed by atoms with Gasteiger partial charge in [0.15, 0.2) is 5.96 Å². The number of nitrogens with zero attached hydrogens (tertiary/aromatic N) is 3. The number of aliphatic hydroxyl groups excluding tert-OH is 1. The minimum Gasteiger partial charge on any atom is -0.494 e. The molecule has 1 unspecified atom stereocenters. The van der Waals surface area contributed by atoms with E-state index in [0.29, 0.717) is 30.9 Å². The van der Waals surface area contributed by atoms with Crippen LogP contribution in [0.2, 0.25) is 0 Å². The van der Waals surface area contributed by atoms with Crippen molar-refractivity contribution in [1.29, 1.82) is 0 Å². The zero-order valence-corrected chi connectivity index (χ0v) is 11.5. The van der Waals surface area contributed by atoms with E-state index in [1.54, 1.807) is 4.90 Å². The van der Waals surface area contributed by atoms with Crippen molar-refractivity contribution in [1.82, 2.24) is 0 Å². The molecule has 9 nitrogen and oxygen atoms in total. The molecule has 0 amide bonds. The summed E-state index contributed by atoms with van der Waals surface area (Å²) in [5.74, 6) is 0.109. The van der Waals surface area contributed by atoms with E-state index in [1.807, 2.05) is 0 Å². The number of nitrogens with two attached hydrogens (primary N) is 2. The van der Waals surface area contributed by atoms with Crippen molar-refractivity contribution in [2.45, 2.75) is 12.5 Å². The van der Waals surface area contributed by atoms with Crippen molar-refractivity contribution >= 4 is 23.0 Å². The first-order chi connectivity index (χ1) is 9.92. The molecule has 1 aromatic rings. The van der Waals surface area contributed by atoms with Gasteiger partial charge >= 0.3 is 0 Å². The Kier molecular flexibility index (Phi) is 4.13. The Hall–Kier alpha value is -2.55. The van der Waals surface area contributed by atoms with Crippen LogP contribution in [0.4, 0.5) is 17.1 Å². The Labute approximate surface area is 121 Å². The third-order valence-corrected chi connectivity index (χ3v) is 3.23. The van der Waals surface area contributed by atoms with Gasteiger partial charge in [-0.05, 0) is 6.42 Å². The van der Waals surface area contributed by atoms with Gasteiger partial charge in [-0.25, -0.2) is 4.99 Å². The highest BCUT2D eigenvalue weighted by Gasteiger charge is 2.28. The van der Waals surface area contributed by atoms with Crippen molar-refractivity contribution in [3.8, 4) is 5.75 Å². The van der Waals surface area contributed by atoms with Crippen molar-refractivity contribution < 1.29 is 14.8 Å². The lowest BCUT2D eigenvalue weighted by molar-refractivity contribution is -0.384. The number of methoxy groups -OCH3 is 1. The summed E-state index contributed by atoms with van der Waals surface area (Å²) in [6.07, 6.45) is 0.0720. The van der Waals surface area contributed by atoms with Crippen LogP contribution in [0.1, 0.15) is 6.42 Å². The SMILES string of the molecule is COc1cc(N2CCC(O)C2)c([N+](=O)[O-])cc1N=C(N)N. The van der Waals surface area contributed by atoms with E-state index >= 15 is 0 Å². The second-order valence-corrected chi connectivity index (χ2v) is 4.70. The molecule has 0 aromatic heterocycles. The van der Waals surface area contributed by atoms with Gasteiger partial charge in [-0.2, -0.15) is 0 Å². The molecule has 0 aliphatic carbocycles. The van der Waals surface area contributed by atoms with Crippen molar-refractivity contribution in [2.24, 2.45) is 16.5 Å². The van der Waals surface area contributed by atoms with Gasteiger partial charge in [0, 0.05) is 25.2 Å². The number of benzene rings is 1. The van der Waals surface area contributed by atoms with Gasteiger partial charge in [-0.15, -0.1) is 0 Å². The Morgan fingerprint density at radius 2 is 2.29 bits per heavy atom. The third kappa shape index (κ3) is 3.14. The van der Waals surface area contributed by atoms with Crippen LogP contribution in [0.5, 0.6) is 5.75 Å². The fourth-order valence-corrected chi connectivity index (χ4v) is 2.30. The summed E-state index contributed by atoms with van der Waals surface area (Å²) in [5, 5.41) is 20.9. The molecule has 5 N–H and O–H groups in total. The molecular weight excluding hydrogens is 278 g/mol. The topological polar surface area (TPSA) is 140 Å². The van der Waals surface area contributed by atoms with E-state index in [0.717, 1.165) is 0 Å². The zero-order chi connectivity index (χ0) is 15.6. The maximum Gasteiger partial charge on any atom is 0.294 e. The fourth-order valence-electron chi connectivity index (χ4n) is 2.30. The van der Waals surface area contributed by atoms with Gasteiger partial charge < -0.3 is 26.2 Å². The van der Waals surface area contributed by atoms with Crippen LogP contribution in [0.15, 0.2) is 17.1 Å². The van der Waals surface area contributed by atoms with Gasteiger partial charge in [-0.3, -0.25) is 10.1 Å². The fraction of sp³-hybridized carbons (Fsp3) is 0.417. The van der Waals surface area contributed by atoms with Crippen LogP contribution in [-0.4, -0.2) is 42.3 Å². The standard InChI is InChI=1S/C12H17N5O4/c1-21-11-5-9(16-3-2-7(18)6-16)10(17(19)20)4-8(11)15-12(13)14/h4-5,7,18H,2-3,6H2,1H3,(H4,13,14,15).